The van der Waals surface area contributed by atoms with Crippen LogP contribution in [0, 0.1) is 0 Å². The number of nitrogens with one attached hydrogen (secondary N) is 1. The highest BCUT2D eigenvalue weighted by Crippen LogP contribution is 2.38. The smallest absolute Gasteiger partial charge is 0.407 e. The average Bonchev–Trinajstić information content (AvgIpc) is 2.31. The third-order valence-electron chi connectivity index (χ3n) is 2.43. The van der Waals surface area contributed by atoms with Gasteiger partial charge in [0.25, 0.3) is 0 Å². The predicted octanol–water partition coefficient (Wildman–Crippen LogP) is 1.33. The molecule has 0 bridgehead atoms. The van der Waals surface area contributed by atoms with Gasteiger partial charge in [0.15, 0.2) is 11.5 Å². The van der Waals surface area contributed by atoms with Crippen LogP contribution in [0.15, 0.2) is 12.1 Å². The van der Waals surface area contributed by atoms with Crippen LogP contribution in [0.3, 0.4) is 0 Å². The van der Waals surface area contributed by atoms with Crippen molar-refractivity contribution in [2.45, 2.75) is 32.4 Å². The standard InChI is InChI=1S/C13H20N2O5/c1-13(2,3)20-12(19)15-6-8(14)7-4-5-9(16)11(18)10(7)17/h4-5,8,16-18H,6,14H2,1-3H3,(H,15,19). The molecule has 7 nitrogen and oxygen atoms in total. The topological polar surface area (TPSA) is 125 Å². The number of nitrogens with two attached hydrogens (primary N) is 1. The van der Waals surface area contributed by atoms with Crippen LogP contribution in [0.4, 0.5) is 4.79 Å². The van der Waals surface area contributed by atoms with Crippen LogP contribution in [0.25, 0.3) is 0 Å². The molecule has 1 amide bonds. The lowest BCUT2D eigenvalue weighted by molar-refractivity contribution is 0.0524. The van der Waals surface area contributed by atoms with Gasteiger partial charge in [-0.1, -0.05) is 0 Å². The van der Waals surface area contributed by atoms with E-state index in [1.165, 1.54) is 12.1 Å². The summed E-state index contributed by atoms with van der Waals surface area (Å²) in [5, 5.41) is 30.7. The number of aromatic hydroxyl groups is 3. The van der Waals surface area contributed by atoms with Gasteiger partial charge in [0.05, 0.1) is 6.04 Å². The summed E-state index contributed by atoms with van der Waals surface area (Å²) in [6.45, 7) is 5.20. The average molecular weight is 284 g/mol. The molecule has 20 heavy (non-hydrogen) atoms. The van der Waals surface area contributed by atoms with Crippen LogP contribution in [0.1, 0.15) is 32.4 Å². The molecule has 0 heterocycles. The molecule has 1 atom stereocenters. The quantitative estimate of drug-likeness (QED) is 0.533. The molecule has 7 heteroatoms. The van der Waals surface area contributed by atoms with Crippen molar-refractivity contribution in [3.63, 3.8) is 0 Å². The molecule has 0 spiro atoms. The molecular weight excluding hydrogens is 264 g/mol. The molecular formula is C13H20N2O5. The zero-order chi connectivity index (χ0) is 15.5. The SMILES string of the molecule is CC(C)(C)OC(=O)NCC(N)c1ccc(O)c(O)c1O. The van der Waals surface area contributed by atoms with Crippen molar-refractivity contribution in [2.75, 3.05) is 6.54 Å². The maximum Gasteiger partial charge on any atom is 0.407 e. The molecule has 0 aliphatic heterocycles. The van der Waals surface area contributed by atoms with E-state index >= 15 is 0 Å². The van der Waals surface area contributed by atoms with Crippen molar-refractivity contribution in [1.82, 2.24) is 5.32 Å². The minimum absolute atomic E-state index is 0.00664. The summed E-state index contributed by atoms with van der Waals surface area (Å²) in [5.41, 5.74) is 5.39. The highest BCUT2D eigenvalue weighted by Gasteiger charge is 2.19. The van der Waals surface area contributed by atoms with Crippen LogP contribution in [0.5, 0.6) is 17.2 Å². The number of ether oxygens (including phenoxy) is 1. The molecule has 1 rings (SSSR count). The predicted molar refractivity (Wildman–Crippen MR) is 72.6 cm³/mol. The van der Waals surface area contributed by atoms with E-state index in [-0.39, 0.29) is 12.1 Å². The number of phenols is 3. The van der Waals surface area contributed by atoms with Gasteiger partial charge in [-0.05, 0) is 32.9 Å². The van der Waals surface area contributed by atoms with E-state index in [0.29, 0.717) is 0 Å². The Hall–Kier alpha value is -2.15. The Morgan fingerprint density at radius 3 is 2.45 bits per heavy atom. The van der Waals surface area contributed by atoms with Crippen molar-refractivity contribution in [2.24, 2.45) is 5.73 Å². The molecule has 0 saturated heterocycles. The Morgan fingerprint density at radius 2 is 1.90 bits per heavy atom. The maximum atomic E-state index is 11.5. The number of benzene rings is 1. The maximum absolute atomic E-state index is 11.5. The Kier molecular flexibility index (Phi) is 4.67. The van der Waals surface area contributed by atoms with Gasteiger partial charge >= 0.3 is 6.09 Å². The van der Waals surface area contributed by atoms with Gasteiger partial charge in [0.1, 0.15) is 5.60 Å². The van der Waals surface area contributed by atoms with Gasteiger partial charge in [0.2, 0.25) is 5.75 Å². The number of hydrogen-bond donors (Lipinski definition) is 5. The van der Waals surface area contributed by atoms with Crippen LogP contribution >= 0.6 is 0 Å². The summed E-state index contributed by atoms with van der Waals surface area (Å²) < 4.78 is 5.04. The Labute approximate surface area is 117 Å². The molecule has 112 valence electrons. The summed E-state index contributed by atoms with van der Waals surface area (Å²) in [4.78, 5) is 11.5. The van der Waals surface area contributed by atoms with Crippen molar-refractivity contribution >= 4 is 6.09 Å². The van der Waals surface area contributed by atoms with Gasteiger partial charge < -0.3 is 31.1 Å². The number of phenolic OH excluding ortho intramolecular Hbond substituents is 3. The number of carbonyl (C=O) groups is 1. The van der Waals surface area contributed by atoms with Crippen LogP contribution in [-0.2, 0) is 4.74 Å². The lowest BCUT2D eigenvalue weighted by Crippen LogP contribution is -2.36. The minimum atomic E-state index is -0.756. The lowest BCUT2D eigenvalue weighted by Gasteiger charge is -2.21. The van der Waals surface area contributed by atoms with Crippen molar-refractivity contribution in [3.8, 4) is 17.2 Å². The van der Waals surface area contributed by atoms with E-state index in [2.05, 4.69) is 5.32 Å². The summed E-state index contributed by atoms with van der Waals surface area (Å²) >= 11 is 0. The Balaban J connectivity index is 2.66. The fourth-order valence-corrected chi connectivity index (χ4v) is 1.50. The highest BCUT2D eigenvalue weighted by molar-refractivity contribution is 5.67. The molecule has 0 fully saturated rings. The van der Waals surface area contributed by atoms with Crippen molar-refractivity contribution < 1.29 is 24.9 Å². The molecule has 1 aromatic carbocycles. The number of carbonyl (C=O) groups excluding carboxylic acids is 1. The molecule has 0 aliphatic rings. The summed E-state index contributed by atoms with van der Waals surface area (Å²) in [5.74, 6) is -1.60. The lowest BCUT2D eigenvalue weighted by atomic mass is 10.1. The zero-order valence-corrected chi connectivity index (χ0v) is 11.7. The molecule has 0 aliphatic carbocycles. The fourth-order valence-electron chi connectivity index (χ4n) is 1.50. The molecule has 0 radical (unpaired) electrons. The molecule has 1 unspecified atom stereocenters. The van der Waals surface area contributed by atoms with Gasteiger partial charge in [-0.2, -0.15) is 0 Å². The largest absolute Gasteiger partial charge is 0.504 e. The van der Waals surface area contributed by atoms with E-state index in [1.807, 2.05) is 0 Å². The van der Waals surface area contributed by atoms with Crippen molar-refractivity contribution in [3.05, 3.63) is 17.7 Å². The highest BCUT2D eigenvalue weighted by atomic mass is 16.6. The second kappa shape index (κ2) is 5.87. The summed E-state index contributed by atoms with van der Waals surface area (Å²) in [6, 6.07) is 1.82. The molecule has 0 aromatic heterocycles. The Bertz CT molecular complexity index is 496. The van der Waals surface area contributed by atoms with Gasteiger partial charge in [-0.25, -0.2) is 4.79 Å². The third kappa shape index (κ3) is 4.20. The van der Waals surface area contributed by atoms with Gasteiger partial charge in [-0.15, -0.1) is 0 Å². The molecule has 6 N–H and O–H groups in total. The minimum Gasteiger partial charge on any atom is -0.504 e. The van der Waals surface area contributed by atoms with E-state index < -0.39 is 35.0 Å². The van der Waals surface area contributed by atoms with Crippen LogP contribution in [-0.4, -0.2) is 33.6 Å². The molecule has 1 aromatic rings. The van der Waals surface area contributed by atoms with E-state index in [9.17, 15) is 20.1 Å². The van der Waals surface area contributed by atoms with E-state index in [1.54, 1.807) is 20.8 Å². The Morgan fingerprint density at radius 1 is 1.30 bits per heavy atom. The first kappa shape index (κ1) is 15.9. The normalized spacial score (nSPS) is 12.8. The fraction of sp³-hybridized carbons (Fsp3) is 0.462. The van der Waals surface area contributed by atoms with Crippen molar-refractivity contribution in [1.29, 1.82) is 0 Å². The van der Waals surface area contributed by atoms with E-state index in [0.717, 1.165) is 0 Å². The molecule has 0 saturated carbocycles. The summed E-state index contributed by atoms with van der Waals surface area (Å²) in [7, 11) is 0. The second-order valence-corrected chi connectivity index (χ2v) is 5.36. The van der Waals surface area contributed by atoms with Crippen LogP contribution < -0.4 is 11.1 Å². The zero-order valence-electron chi connectivity index (χ0n) is 11.7. The van der Waals surface area contributed by atoms with E-state index in [4.69, 9.17) is 10.5 Å². The number of rotatable bonds is 3. The third-order valence-corrected chi connectivity index (χ3v) is 2.43. The monoisotopic (exact) mass is 284 g/mol. The van der Waals surface area contributed by atoms with Crippen LogP contribution in [0.2, 0.25) is 0 Å². The number of amides is 1. The first-order valence-corrected chi connectivity index (χ1v) is 6.08. The first-order chi connectivity index (χ1) is 9.11. The summed E-state index contributed by atoms with van der Waals surface area (Å²) in [6.07, 6.45) is -0.629. The second-order valence-electron chi connectivity index (χ2n) is 5.36. The van der Waals surface area contributed by atoms with Gasteiger partial charge in [0, 0.05) is 12.1 Å². The number of alkyl carbamates (subject to hydrolysis) is 1. The first-order valence-electron chi connectivity index (χ1n) is 6.08. The number of hydrogen-bond acceptors (Lipinski definition) is 6. The van der Waals surface area contributed by atoms with Gasteiger partial charge in [-0.3, -0.25) is 0 Å².